The van der Waals surface area contributed by atoms with Gasteiger partial charge in [-0.3, -0.25) is 4.79 Å². The Bertz CT molecular complexity index is 384. The zero-order chi connectivity index (χ0) is 13.5. The van der Waals surface area contributed by atoms with Gasteiger partial charge in [-0.25, -0.2) is 0 Å². The van der Waals surface area contributed by atoms with Crippen LogP contribution in [0.2, 0.25) is 0 Å². The predicted octanol–water partition coefficient (Wildman–Crippen LogP) is 3.53. The second-order valence-electron chi connectivity index (χ2n) is 4.02. The van der Waals surface area contributed by atoms with Crippen molar-refractivity contribution in [3.63, 3.8) is 0 Å². The van der Waals surface area contributed by atoms with Gasteiger partial charge in [0.2, 0.25) is 5.12 Å². The average Bonchev–Trinajstić information content (AvgIpc) is 3.15. The number of rotatable bonds is 2. The number of hydrogen-bond donors (Lipinski definition) is 1. The molecule has 1 aromatic rings. The van der Waals surface area contributed by atoms with Crippen molar-refractivity contribution in [1.82, 2.24) is 0 Å². The first kappa shape index (κ1) is 17.8. The van der Waals surface area contributed by atoms with Crippen LogP contribution in [0.15, 0.2) is 24.3 Å². The zero-order valence-corrected chi connectivity index (χ0v) is 12.7. The average molecular weight is 322 g/mol. The van der Waals surface area contributed by atoms with Gasteiger partial charge in [0, 0.05) is 11.5 Å². The Morgan fingerprint density at radius 3 is 1.60 bits per heavy atom. The van der Waals surface area contributed by atoms with Crippen LogP contribution in [0.3, 0.4) is 0 Å². The van der Waals surface area contributed by atoms with E-state index < -0.39 is 0 Å². The van der Waals surface area contributed by atoms with Crippen LogP contribution in [-0.4, -0.2) is 5.12 Å². The van der Waals surface area contributed by atoms with Crippen molar-refractivity contribution in [3.05, 3.63) is 99.1 Å². The third kappa shape index (κ3) is 5.63. The Labute approximate surface area is 138 Å². The van der Waals surface area contributed by atoms with E-state index in [2.05, 4.69) is 12.6 Å². The molecule has 0 amide bonds. The van der Waals surface area contributed by atoms with Crippen LogP contribution in [-0.2, 0) is 17.1 Å². The Kier molecular flexibility index (Phi) is 8.59. The minimum Gasteiger partial charge on any atom is -0.282 e. The van der Waals surface area contributed by atoms with Crippen molar-refractivity contribution in [2.45, 2.75) is 0 Å². The van der Waals surface area contributed by atoms with Crippen LogP contribution in [0.4, 0.5) is 0 Å². The fourth-order valence-corrected chi connectivity index (χ4v) is 1.84. The summed E-state index contributed by atoms with van der Waals surface area (Å²) in [6.07, 6.45) is 18.1. The van der Waals surface area contributed by atoms with Gasteiger partial charge in [0.15, 0.2) is 0 Å². The van der Waals surface area contributed by atoms with E-state index >= 15 is 0 Å². The minimum absolute atomic E-state index is 0. The third-order valence-electron chi connectivity index (χ3n) is 2.68. The molecular weight excluding hydrogens is 308 g/mol. The number of benzene rings is 1. The summed E-state index contributed by atoms with van der Waals surface area (Å²) in [4.78, 5) is 10.9. The summed E-state index contributed by atoms with van der Waals surface area (Å²) < 4.78 is 0. The maximum Gasteiger partial charge on any atom is 2.00 e. The van der Waals surface area contributed by atoms with Crippen LogP contribution < -0.4 is 0 Å². The largest absolute Gasteiger partial charge is 2.00 e. The molecule has 0 unspecified atom stereocenters. The van der Waals surface area contributed by atoms with Crippen LogP contribution in [0.25, 0.3) is 0 Å². The first-order valence-corrected chi connectivity index (χ1v) is 6.44. The molecule has 10 radical (unpaired) electrons. The molecule has 20 heavy (non-hydrogen) atoms. The molecule has 1 aromatic carbocycles. The fraction of sp³-hybridized carbons (Fsp3) is 0. The summed E-state index contributed by atoms with van der Waals surface area (Å²) in [5, 5.41) is -0.195. The smallest absolute Gasteiger partial charge is 0.282 e. The van der Waals surface area contributed by atoms with Gasteiger partial charge in [-0.15, -0.1) is 12.6 Å². The van der Waals surface area contributed by atoms with Crippen molar-refractivity contribution in [2.24, 2.45) is 0 Å². The molecule has 0 saturated heterocycles. The third-order valence-corrected chi connectivity index (χ3v) is 2.94. The van der Waals surface area contributed by atoms with Gasteiger partial charge in [-0.05, 0) is 63.4 Å². The predicted molar refractivity (Wildman–Crippen MR) is 80.8 cm³/mol. The number of hydrogen-bond acceptors (Lipinski definition) is 1. The molecule has 3 heteroatoms. The first-order valence-electron chi connectivity index (χ1n) is 5.99. The summed E-state index contributed by atoms with van der Waals surface area (Å²) in [6.45, 7) is 0. The van der Waals surface area contributed by atoms with Crippen molar-refractivity contribution in [1.29, 1.82) is 0 Å². The quantitative estimate of drug-likeness (QED) is 0.651. The Hall–Kier alpha value is -0.241. The number of carbonyl (C=O) groups excluding carboxylic acids is 1. The molecule has 0 N–H and O–H groups in total. The van der Waals surface area contributed by atoms with Gasteiger partial charge in [0.05, 0.1) is 0 Å². The van der Waals surface area contributed by atoms with Crippen LogP contribution in [0, 0.1) is 63.7 Å². The van der Waals surface area contributed by atoms with Gasteiger partial charge in [-0.2, -0.15) is 0 Å². The van der Waals surface area contributed by atoms with Crippen molar-refractivity contribution < 1.29 is 21.9 Å². The van der Waals surface area contributed by atoms with E-state index in [1.807, 2.05) is 69.9 Å². The van der Waals surface area contributed by atoms with Crippen LogP contribution in [0.5, 0.6) is 0 Å². The Morgan fingerprint density at radius 2 is 1.20 bits per heavy atom. The maximum atomic E-state index is 10.9. The van der Waals surface area contributed by atoms with Gasteiger partial charge in [-0.1, -0.05) is 24.3 Å². The molecule has 0 atom stereocenters. The molecule has 0 aromatic heterocycles. The van der Waals surface area contributed by atoms with E-state index in [0.717, 1.165) is 5.56 Å². The van der Waals surface area contributed by atoms with E-state index in [9.17, 15) is 4.79 Å². The molecule has 0 spiro atoms. The second kappa shape index (κ2) is 9.65. The van der Waals surface area contributed by atoms with Crippen molar-refractivity contribution in [2.75, 3.05) is 0 Å². The molecule has 0 aliphatic heterocycles. The molecule has 2 fully saturated rings. The van der Waals surface area contributed by atoms with Gasteiger partial charge in [0.1, 0.15) is 0 Å². The summed E-state index contributed by atoms with van der Waals surface area (Å²) in [6, 6.07) is 7.44. The van der Waals surface area contributed by atoms with Gasteiger partial charge < -0.3 is 0 Å². The van der Waals surface area contributed by atoms with Gasteiger partial charge >= 0.3 is 17.1 Å². The van der Waals surface area contributed by atoms with Crippen molar-refractivity contribution >= 4 is 17.7 Å². The monoisotopic (exact) mass is 322 g/mol. The molecule has 2 aliphatic carbocycles. The molecule has 2 aliphatic rings. The zero-order valence-electron chi connectivity index (χ0n) is 10.7. The molecule has 0 bridgehead atoms. The first-order chi connectivity index (χ1) is 9.27. The summed E-state index contributed by atoms with van der Waals surface area (Å²) in [5.41, 5.74) is 1.75. The van der Waals surface area contributed by atoms with E-state index in [-0.39, 0.29) is 22.2 Å². The van der Waals surface area contributed by atoms with Crippen molar-refractivity contribution in [3.8, 4) is 0 Å². The van der Waals surface area contributed by atoms with Crippen LogP contribution >= 0.6 is 12.6 Å². The standard InChI is InChI=1S/C12H9OS.C5H5.Fe/c13-12(14)11-7-5-10(6-8-11)9-3-1-2-4-9;1-2-4-5-3-1;/h1-8H,(H,13,14);1-5H;/q;;+2. The maximum absolute atomic E-state index is 10.9. The molecule has 0 heterocycles. The number of thiol groups is 1. The summed E-state index contributed by atoms with van der Waals surface area (Å²) in [7, 11) is 0. The topological polar surface area (TPSA) is 17.1 Å². The summed E-state index contributed by atoms with van der Waals surface area (Å²) in [5.74, 6) is 1.17. The number of carbonyl (C=O) groups is 1. The normalized spacial score (nSPS) is 18.1. The molecule has 100 valence electrons. The Balaban J connectivity index is 0.000000283. The van der Waals surface area contributed by atoms with Gasteiger partial charge in [0.25, 0.3) is 0 Å². The van der Waals surface area contributed by atoms with E-state index in [1.165, 1.54) is 5.92 Å². The second-order valence-corrected chi connectivity index (χ2v) is 4.42. The SMILES string of the molecule is O=C(S)c1ccc([C]2[CH][CH][CH][CH]2)cc1.[CH]1[CH][CH][CH][CH]1.[Fe+2]. The molecule has 2 saturated carbocycles. The molecular formula is C17H14FeOS+2. The van der Waals surface area contributed by atoms with E-state index in [1.54, 1.807) is 12.1 Å². The van der Waals surface area contributed by atoms with E-state index in [0.29, 0.717) is 5.56 Å². The van der Waals surface area contributed by atoms with E-state index in [4.69, 9.17) is 0 Å². The summed E-state index contributed by atoms with van der Waals surface area (Å²) >= 11 is 3.76. The molecule has 1 nitrogen and oxygen atoms in total. The fourth-order valence-electron chi connectivity index (χ4n) is 1.69. The Morgan fingerprint density at radius 1 is 0.750 bits per heavy atom. The van der Waals surface area contributed by atoms with Crippen LogP contribution in [0.1, 0.15) is 15.9 Å². The minimum atomic E-state index is -0.195. The molecule has 3 rings (SSSR count).